The van der Waals surface area contributed by atoms with Gasteiger partial charge in [-0.25, -0.2) is 9.78 Å². The Bertz CT molecular complexity index is 658. The molecule has 1 amide bonds. The Kier molecular flexibility index (Phi) is 4.65. The van der Waals surface area contributed by atoms with Gasteiger partial charge in [0.25, 0.3) is 5.91 Å². The molecule has 0 bridgehead atoms. The van der Waals surface area contributed by atoms with Crippen molar-refractivity contribution in [2.45, 2.75) is 13.5 Å². The molecule has 20 heavy (non-hydrogen) atoms. The Morgan fingerprint density at radius 2 is 2.20 bits per heavy atom. The molecular weight excluding hydrogens is 296 g/mol. The first-order valence-corrected chi connectivity index (χ1v) is 7.49. The SMILES string of the molecule is Cc1csc(CNC(=O)c2csc(C=CC(=O)O)c2)n1. The van der Waals surface area contributed by atoms with Crippen molar-refractivity contribution in [3.63, 3.8) is 0 Å². The number of hydrogen-bond acceptors (Lipinski definition) is 5. The second kappa shape index (κ2) is 6.44. The highest BCUT2D eigenvalue weighted by Crippen LogP contribution is 2.16. The van der Waals surface area contributed by atoms with Gasteiger partial charge in [0.05, 0.1) is 12.1 Å². The molecule has 0 aliphatic heterocycles. The van der Waals surface area contributed by atoms with Crippen molar-refractivity contribution in [3.8, 4) is 0 Å². The summed E-state index contributed by atoms with van der Waals surface area (Å²) in [5.41, 5.74) is 1.46. The van der Waals surface area contributed by atoms with E-state index in [0.717, 1.165) is 21.7 Å². The number of rotatable bonds is 5. The molecule has 0 saturated carbocycles. The lowest BCUT2D eigenvalue weighted by Crippen LogP contribution is -2.22. The molecule has 2 aromatic rings. The van der Waals surface area contributed by atoms with E-state index in [1.807, 2.05) is 12.3 Å². The summed E-state index contributed by atoms with van der Waals surface area (Å²) < 4.78 is 0. The van der Waals surface area contributed by atoms with Gasteiger partial charge in [-0.2, -0.15) is 0 Å². The first-order chi connectivity index (χ1) is 9.54. The number of carboxylic acid groups (broad SMARTS) is 1. The lowest BCUT2D eigenvalue weighted by molar-refractivity contribution is -0.131. The predicted octanol–water partition coefficient (Wildman–Crippen LogP) is 2.54. The normalized spacial score (nSPS) is 10.8. The van der Waals surface area contributed by atoms with E-state index in [9.17, 15) is 9.59 Å². The van der Waals surface area contributed by atoms with Crippen molar-refractivity contribution in [1.82, 2.24) is 10.3 Å². The van der Waals surface area contributed by atoms with Gasteiger partial charge in [0, 0.05) is 27.4 Å². The molecule has 0 spiro atoms. The minimum atomic E-state index is -1.01. The number of aliphatic carboxylic acids is 1. The second-order valence-corrected chi connectivity index (χ2v) is 5.86. The standard InChI is InChI=1S/C13H12N2O3S2/c1-8-6-20-11(15-8)5-14-13(18)9-4-10(19-7-9)2-3-12(16)17/h2-4,6-7H,5H2,1H3,(H,14,18)(H,16,17). The van der Waals surface area contributed by atoms with E-state index in [1.54, 1.807) is 11.4 Å². The highest BCUT2D eigenvalue weighted by Gasteiger charge is 2.08. The van der Waals surface area contributed by atoms with E-state index in [0.29, 0.717) is 12.1 Å². The summed E-state index contributed by atoms with van der Waals surface area (Å²) in [5.74, 6) is -1.20. The molecule has 7 heteroatoms. The maximum atomic E-state index is 11.9. The fourth-order valence-corrected chi connectivity index (χ4v) is 2.95. The van der Waals surface area contributed by atoms with Gasteiger partial charge >= 0.3 is 5.97 Å². The van der Waals surface area contributed by atoms with E-state index < -0.39 is 5.97 Å². The number of thiophene rings is 1. The molecule has 0 unspecified atom stereocenters. The van der Waals surface area contributed by atoms with Crippen LogP contribution in [0.4, 0.5) is 0 Å². The molecule has 0 aliphatic rings. The Morgan fingerprint density at radius 1 is 1.40 bits per heavy atom. The van der Waals surface area contributed by atoms with Crippen LogP contribution in [0, 0.1) is 6.92 Å². The molecular formula is C13H12N2O3S2. The largest absolute Gasteiger partial charge is 0.478 e. The molecule has 0 saturated heterocycles. The number of aromatic nitrogens is 1. The zero-order chi connectivity index (χ0) is 14.5. The Labute approximate surface area is 123 Å². The van der Waals surface area contributed by atoms with E-state index in [4.69, 9.17) is 5.11 Å². The minimum absolute atomic E-state index is 0.191. The summed E-state index contributed by atoms with van der Waals surface area (Å²) in [7, 11) is 0. The summed E-state index contributed by atoms with van der Waals surface area (Å²) in [4.78, 5) is 27.3. The summed E-state index contributed by atoms with van der Waals surface area (Å²) in [5, 5.41) is 15.8. The third kappa shape index (κ3) is 4.01. The Morgan fingerprint density at radius 3 is 2.85 bits per heavy atom. The molecule has 0 atom stereocenters. The summed E-state index contributed by atoms with van der Waals surface area (Å²) in [6.45, 7) is 2.30. The molecule has 0 radical (unpaired) electrons. The van der Waals surface area contributed by atoms with E-state index >= 15 is 0 Å². The van der Waals surface area contributed by atoms with Gasteiger partial charge in [-0.05, 0) is 19.1 Å². The first kappa shape index (κ1) is 14.4. The van der Waals surface area contributed by atoms with Gasteiger partial charge in [-0.3, -0.25) is 4.79 Å². The van der Waals surface area contributed by atoms with Crippen LogP contribution >= 0.6 is 22.7 Å². The van der Waals surface area contributed by atoms with Crippen molar-refractivity contribution in [1.29, 1.82) is 0 Å². The molecule has 0 aromatic carbocycles. The maximum Gasteiger partial charge on any atom is 0.328 e. The predicted molar refractivity (Wildman–Crippen MR) is 79.0 cm³/mol. The fourth-order valence-electron chi connectivity index (χ4n) is 1.45. The van der Waals surface area contributed by atoms with Gasteiger partial charge in [-0.15, -0.1) is 22.7 Å². The average molecular weight is 308 g/mol. The quantitative estimate of drug-likeness (QED) is 0.832. The van der Waals surface area contributed by atoms with Crippen molar-refractivity contribution in [2.24, 2.45) is 0 Å². The maximum absolute atomic E-state index is 11.9. The first-order valence-electron chi connectivity index (χ1n) is 5.73. The smallest absolute Gasteiger partial charge is 0.328 e. The third-order valence-electron chi connectivity index (χ3n) is 2.34. The molecule has 2 N–H and O–H groups in total. The van der Waals surface area contributed by atoms with Gasteiger partial charge < -0.3 is 10.4 Å². The van der Waals surface area contributed by atoms with Crippen LogP contribution in [0.15, 0.2) is 22.9 Å². The van der Waals surface area contributed by atoms with E-state index in [2.05, 4.69) is 10.3 Å². The molecule has 2 aromatic heterocycles. The zero-order valence-corrected chi connectivity index (χ0v) is 12.3. The molecule has 2 rings (SSSR count). The zero-order valence-electron chi connectivity index (χ0n) is 10.6. The summed E-state index contributed by atoms with van der Waals surface area (Å²) >= 11 is 2.83. The fraction of sp³-hybridized carbons (Fsp3) is 0.154. The number of carbonyl (C=O) groups is 2. The molecule has 2 heterocycles. The number of carbonyl (C=O) groups excluding carboxylic acids is 1. The van der Waals surface area contributed by atoms with E-state index in [-0.39, 0.29) is 5.91 Å². The van der Waals surface area contributed by atoms with Crippen LogP contribution < -0.4 is 5.32 Å². The van der Waals surface area contributed by atoms with Crippen LogP contribution in [0.1, 0.15) is 25.9 Å². The number of hydrogen-bond donors (Lipinski definition) is 2. The minimum Gasteiger partial charge on any atom is -0.478 e. The van der Waals surface area contributed by atoms with Gasteiger partial charge in [0.2, 0.25) is 0 Å². The van der Waals surface area contributed by atoms with Gasteiger partial charge in [0.1, 0.15) is 5.01 Å². The van der Waals surface area contributed by atoms with E-state index in [1.165, 1.54) is 28.7 Å². The van der Waals surface area contributed by atoms with Crippen LogP contribution in [-0.4, -0.2) is 22.0 Å². The number of carboxylic acids is 1. The molecule has 0 fully saturated rings. The van der Waals surface area contributed by atoms with Crippen LogP contribution in [0.5, 0.6) is 0 Å². The van der Waals surface area contributed by atoms with Crippen molar-refractivity contribution in [2.75, 3.05) is 0 Å². The third-order valence-corrected chi connectivity index (χ3v) is 4.20. The van der Waals surface area contributed by atoms with Crippen LogP contribution in [0.25, 0.3) is 6.08 Å². The Balaban J connectivity index is 1.94. The Hall–Kier alpha value is -1.99. The lowest BCUT2D eigenvalue weighted by Gasteiger charge is -2.00. The van der Waals surface area contributed by atoms with Gasteiger partial charge in [0.15, 0.2) is 0 Å². The van der Waals surface area contributed by atoms with Crippen LogP contribution in [0.3, 0.4) is 0 Å². The number of nitrogens with zero attached hydrogens (tertiary/aromatic N) is 1. The highest BCUT2D eigenvalue weighted by atomic mass is 32.1. The van der Waals surface area contributed by atoms with Gasteiger partial charge in [-0.1, -0.05) is 0 Å². The number of aryl methyl sites for hydroxylation is 1. The van der Waals surface area contributed by atoms with Crippen molar-refractivity contribution < 1.29 is 14.7 Å². The summed E-state index contributed by atoms with van der Waals surface area (Å²) in [6.07, 6.45) is 2.51. The van der Waals surface area contributed by atoms with Crippen molar-refractivity contribution in [3.05, 3.63) is 44.0 Å². The highest BCUT2D eigenvalue weighted by molar-refractivity contribution is 7.11. The molecule has 0 aliphatic carbocycles. The van der Waals surface area contributed by atoms with Crippen molar-refractivity contribution >= 4 is 40.6 Å². The average Bonchev–Trinajstić information content (AvgIpc) is 3.02. The lowest BCUT2D eigenvalue weighted by atomic mass is 10.3. The van der Waals surface area contributed by atoms with Crippen LogP contribution in [0.2, 0.25) is 0 Å². The second-order valence-electron chi connectivity index (χ2n) is 3.97. The van der Waals surface area contributed by atoms with Crippen LogP contribution in [-0.2, 0) is 11.3 Å². The summed E-state index contributed by atoms with van der Waals surface area (Å²) in [6, 6.07) is 1.66. The topological polar surface area (TPSA) is 79.3 Å². The molecule has 5 nitrogen and oxygen atoms in total. The monoisotopic (exact) mass is 308 g/mol. The number of nitrogens with one attached hydrogen (secondary N) is 1. The number of amides is 1. The number of thiazole rings is 1. The molecule has 104 valence electrons.